The molecular weight excluding hydrogens is 552 g/mol. The Morgan fingerprint density at radius 1 is 1.12 bits per heavy atom. The molecule has 2 aromatic rings. The molecule has 3 rings (SSSR count). The molecule has 2 amide bonds. The summed E-state index contributed by atoms with van der Waals surface area (Å²) in [6.45, 7) is 13.1. The number of methoxy groups -OCH3 is 2. The Morgan fingerprint density at radius 3 is 2.49 bits per heavy atom. The van der Waals surface area contributed by atoms with Crippen LogP contribution >= 0.6 is 0 Å². The molecule has 0 radical (unpaired) electrons. The summed E-state index contributed by atoms with van der Waals surface area (Å²) in [5, 5.41) is 2.74. The SMILES string of the molecule is C=CCCCCC[C@H](NC(=O)OC(C)(C)C)C(=O)N1C[C@H](Oc2nc3cc(OC)ccc3nc2C(C)C)C[C@H]1C(=O)OC. The van der Waals surface area contributed by atoms with E-state index < -0.39 is 41.8 Å². The predicted molar refractivity (Wildman–Crippen MR) is 163 cm³/mol. The second kappa shape index (κ2) is 15.0. The molecule has 43 heavy (non-hydrogen) atoms. The number of nitrogens with zero attached hydrogens (tertiary/aromatic N) is 3. The zero-order valence-corrected chi connectivity index (χ0v) is 26.5. The van der Waals surface area contributed by atoms with Crippen LogP contribution < -0.4 is 14.8 Å². The Labute approximate surface area is 254 Å². The molecule has 1 fully saturated rings. The van der Waals surface area contributed by atoms with Crippen LogP contribution in [0.5, 0.6) is 11.6 Å². The second-order valence-corrected chi connectivity index (χ2v) is 12.1. The maximum Gasteiger partial charge on any atom is 0.408 e. The number of aromatic nitrogens is 2. The number of hydrogen-bond acceptors (Lipinski definition) is 9. The van der Waals surface area contributed by atoms with Crippen LogP contribution in [0.4, 0.5) is 4.79 Å². The number of carbonyl (C=O) groups excluding carboxylic acids is 3. The van der Waals surface area contributed by atoms with Crippen LogP contribution in [-0.2, 0) is 19.1 Å². The van der Waals surface area contributed by atoms with E-state index in [1.54, 1.807) is 33.9 Å². The molecule has 2 heterocycles. The van der Waals surface area contributed by atoms with Gasteiger partial charge in [0.05, 0.1) is 31.8 Å². The molecule has 1 aliphatic heterocycles. The fourth-order valence-corrected chi connectivity index (χ4v) is 4.99. The highest BCUT2D eigenvalue weighted by Gasteiger charge is 2.44. The van der Waals surface area contributed by atoms with Gasteiger partial charge < -0.3 is 29.2 Å². The van der Waals surface area contributed by atoms with Crippen molar-refractivity contribution in [2.75, 3.05) is 20.8 Å². The number of rotatable bonds is 13. The lowest BCUT2D eigenvalue weighted by Crippen LogP contribution is -2.52. The molecule has 11 nitrogen and oxygen atoms in total. The topological polar surface area (TPSA) is 129 Å². The highest BCUT2D eigenvalue weighted by atomic mass is 16.6. The Morgan fingerprint density at radius 2 is 1.86 bits per heavy atom. The van der Waals surface area contributed by atoms with Crippen molar-refractivity contribution < 1.29 is 33.3 Å². The number of unbranched alkanes of at least 4 members (excludes halogenated alkanes) is 3. The van der Waals surface area contributed by atoms with Crippen molar-refractivity contribution in [1.82, 2.24) is 20.2 Å². The molecule has 1 aromatic carbocycles. The van der Waals surface area contributed by atoms with Crippen LogP contribution in [0.1, 0.15) is 84.8 Å². The Balaban J connectivity index is 1.87. The number of nitrogens with one attached hydrogen (secondary N) is 1. The van der Waals surface area contributed by atoms with E-state index in [9.17, 15) is 14.4 Å². The van der Waals surface area contributed by atoms with E-state index in [-0.39, 0.29) is 18.9 Å². The summed E-state index contributed by atoms with van der Waals surface area (Å²) >= 11 is 0. The lowest BCUT2D eigenvalue weighted by molar-refractivity contribution is -0.151. The van der Waals surface area contributed by atoms with Gasteiger partial charge in [0.1, 0.15) is 35.2 Å². The summed E-state index contributed by atoms with van der Waals surface area (Å²) in [7, 11) is 2.87. The van der Waals surface area contributed by atoms with Crippen LogP contribution in [0, 0.1) is 0 Å². The van der Waals surface area contributed by atoms with E-state index in [0.717, 1.165) is 19.3 Å². The molecule has 236 valence electrons. The molecule has 0 aliphatic carbocycles. The van der Waals surface area contributed by atoms with Gasteiger partial charge in [0.2, 0.25) is 11.8 Å². The van der Waals surface area contributed by atoms with Crippen LogP contribution in [0.3, 0.4) is 0 Å². The largest absolute Gasteiger partial charge is 0.497 e. The second-order valence-electron chi connectivity index (χ2n) is 12.1. The van der Waals surface area contributed by atoms with Gasteiger partial charge in [-0.2, -0.15) is 0 Å². The van der Waals surface area contributed by atoms with Gasteiger partial charge in [0.25, 0.3) is 0 Å². The number of ether oxygens (including phenoxy) is 4. The van der Waals surface area contributed by atoms with Gasteiger partial charge in [-0.05, 0) is 52.2 Å². The molecule has 0 unspecified atom stereocenters. The van der Waals surface area contributed by atoms with Crippen LogP contribution in [0.25, 0.3) is 11.0 Å². The highest BCUT2D eigenvalue weighted by molar-refractivity contribution is 5.90. The average Bonchev–Trinajstić information content (AvgIpc) is 3.37. The molecule has 0 spiro atoms. The molecule has 3 atom stereocenters. The minimum Gasteiger partial charge on any atom is -0.497 e. The summed E-state index contributed by atoms with van der Waals surface area (Å²) in [6.07, 6.45) is 4.56. The Kier molecular flexibility index (Phi) is 11.7. The van der Waals surface area contributed by atoms with E-state index in [0.29, 0.717) is 41.2 Å². The fourth-order valence-electron chi connectivity index (χ4n) is 4.99. The predicted octanol–water partition coefficient (Wildman–Crippen LogP) is 5.31. The number of alkyl carbamates (subject to hydrolysis) is 1. The van der Waals surface area contributed by atoms with Crippen molar-refractivity contribution in [3.05, 3.63) is 36.5 Å². The van der Waals surface area contributed by atoms with Crippen molar-refractivity contribution in [3.8, 4) is 11.6 Å². The number of likely N-dealkylation sites (tertiary alicyclic amines) is 1. The minimum absolute atomic E-state index is 0.00745. The number of amides is 2. The molecule has 1 saturated heterocycles. The fraction of sp³-hybridized carbons (Fsp3) is 0.594. The maximum absolute atomic E-state index is 14.0. The number of benzene rings is 1. The number of hydrogen-bond donors (Lipinski definition) is 1. The first-order valence-corrected chi connectivity index (χ1v) is 14.9. The first-order valence-electron chi connectivity index (χ1n) is 14.9. The Hall–Kier alpha value is -3.89. The summed E-state index contributed by atoms with van der Waals surface area (Å²) < 4.78 is 22.2. The lowest BCUT2D eigenvalue weighted by Gasteiger charge is -2.29. The first kappa shape index (κ1) is 33.6. The average molecular weight is 599 g/mol. The molecule has 11 heteroatoms. The van der Waals surface area contributed by atoms with Crippen molar-refractivity contribution >= 4 is 29.0 Å². The van der Waals surface area contributed by atoms with E-state index in [1.165, 1.54) is 12.0 Å². The van der Waals surface area contributed by atoms with Gasteiger partial charge in [0, 0.05) is 18.4 Å². The molecule has 1 aromatic heterocycles. The van der Waals surface area contributed by atoms with Crippen LogP contribution in [-0.4, -0.2) is 77.4 Å². The Bertz CT molecular complexity index is 1290. The van der Waals surface area contributed by atoms with Gasteiger partial charge in [0.15, 0.2) is 0 Å². The highest BCUT2D eigenvalue weighted by Crippen LogP contribution is 2.31. The van der Waals surface area contributed by atoms with Crippen molar-refractivity contribution in [2.24, 2.45) is 0 Å². The van der Waals surface area contributed by atoms with Crippen molar-refractivity contribution in [3.63, 3.8) is 0 Å². The summed E-state index contributed by atoms with van der Waals surface area (Å²) in [5.74, 6) is 0.0354. The van der Waals surface area contributed by atoms with Crippen molar-refractivity contribution in [1.29, 1.82) is 0 Å². The van der Waals surface area contributed by atoms with E-state index in [4.69, 9.17) is 28.9 Å². The minimum atomic E-state index is -0.887. The van der Waals surface area contributed by atoms with E-state index in [2.05, 4.69) is 11.9 Å². The summed E-state index contributed by atoms with van der Waals surface area (Å²) in [6, 6.07) is 3.67. The van der Waals surface area contributed by atoms with E-state index in [1.807, 2.05) is 32.1 Å². The van der Waals surface area contributed by atoms with Gasteiger partial charge >= 0.3 is 12.1 Å². The number of fused-ring (bicyclic) bond motifs is 1. The zero-order chi connectivity index (χ0) is 31.7. The van der Waals surface area contributed by atoms with Gasteiger partial charge in [-0.25, -0.2) is 19.6 Å². The monoisotopic (exact) mass is 598 g/mol. The molecule has 0 saturated carbocycles. The number of carbonyl (C=O) groups is 3. The first-order chi connectivity index (χ1) is 20.4. The normalized spacial score (nSPS) is 17.4. The quantitative estimate of drug-likeness (QED) is 0.185. The van der Waals surface area contributed by atoms with Gasteiger partial charge in [-0.3, -0.25) is 4.79 Å². The summed E-state index contributed by atoms with van der Waals surface area (Å²) in [5.41, 5.74) is 1.24. The lowest BCUT2D eigenvalue weighted by atomic mass is 10.1. The third kappa shape index (κ3) is 9.30. The molecule has 0 bridgehead atoms. The maximum atomic E-state index is 14.0. The third-order valence-corrected chi connectivity index (χ3v) is 7.10. The molecule has 1 N–H and O–H groups in total. The third-order valence-electron chi connectivity index (χ3n) is 7.10. The standard InChI is InChI=1S/C32H46N4O7/c1-9-10-11-12-13-14-24(35-31(39)43-32(4,5)6)29(37)36-19-22(18-26(36)30(38)41-8)42-28-27(20(2)3)33-23-16-15-21(40-7)17-25(23)34-28/h9,15-17,20,22,24,26H,1,10-14,18-19H2,2-8H3,(H,35,39)/t22-,24+,26+/m1/s1. The van der Waals surface area contributed by atoms with Crippen LogP contribution in [0.2, 0.25) is 0 Å². The summed E-state index contributed by atoms with van der Waals surface area (Å²) in [4.78, 5) is 50.5. The number of allylic oxidation sites excluding steroid dienone is 1. The van der Waals surface area contributed by atoms with Gasteiger partial charge in [-0.1, -0.05) is 32.8 Å². The smallest absolute Gasteiger partial charge is 0.408 e. The van der Waals surface area contributed by atoms with E-state index >= 15 is 0 Å². The molecular formula is C32H46N4O7. The van der Waals surface area contributed by atoms with Crippen LogP contribution in [0.15, 0.2) is 30.9 Å². The van der Waals surface area contributed by atoms with Crippen molar-refractivity contribution in [2.45, 2.75) is 103 Å². The zero-order valence-electron chi connectivity index (χ0n) is 26.5. The number of esters is 1. The van der Waals surface area contributed by atoms with Gasteiger partial charge in [-0.15, -0.1) is 6.58 Å². The molecule has 1 aliphatic rings.